The van der Waals surface area contributed by atoms with Crippen molar-refractivity contribution >= 4 is 29.1 Å². The summed E-state index contributed by atoms with van der Waals surface area (Å²) in [6.07, 6.45) is 8.64. The van der Waals surface area contributed by atoms with E-state index >= 15 is 0 Å². The average molecular weight is 423 g/mol. The summed E-state index contributed by atoms with van der Waals surface area (Å²) in [5.74, 6) is 0.506. The van der Waals surface area contributed by atoms with Gasteiger partial charge in [0.15, 0.2) is 0 Å². The van der Waals surface area contributed by atoms with E-state index in [4.69, 9.17) is 4.98 Å². The largest absolute Gasteiger partial charge is 0.368 e. The number of piperazine rings is 1. The van der Waals surface area contributed by atoms with Gasteiger partial charge in [0.1, 0.15) is 17.5 Å². The van der Waals surface area contributed by atoms with Crippen molar-refractivity contribution in [2.24, 2.45) is 4.99 Å². The molecule has 3 aliphatic rings. The summed E-state index contributed by atoms with van der Waals surface area (Å²) >= 11 is 0. The third kappa shape index (κ3) is 3.78. The maximum absolute atomic E-state index is 12.6. The van der Waals surface area contributed by atoms with Gasteiger partial charge in [-0.05, 0) is 19.4 Å². The molecule has 1 amide bonds. The van der Waals surface area contributed by atoms with Gasteiger partial charge in [0, 0.05) is 56.4 Å². The molecule has 1 fully saturated rings. The molecule has 3 aliphatic heterocycles. The molecule has 0 spiro atoms. The first-order chi connectivity index (χ1) is 15.1. The third-order valence-electron chi connectivity index (χ3n) is 6.43. The van der Waals surface area contributed by atoms with E-state index in [0.717, 1.165) is 56.5 Å². The second-order valence-electron chi connectivity index (χ2n) is 8.52. The third-order valence-corrected chi connectivity index (χ3v) is 6.43. The molecule has 1 unspecified atom stereocenters. The summed E-state index contributed by atoms with van der Waals surface area (Å²) in [6.45, 7) is 8.33. The Balaban J connectivity index is 1.35. The van der Waals surface area contributed by atoms with Gasteiger partial charge in [0.2, 0.25) is 5.95 Å². The summed E-state index contributed by atoms with van der Waals surface area (Å²) in [5, 5.41) is 10.7. The molecule has 0 aliphatic carbocycles. The van der Waals surface area contributed by atoms with Gasteiger partial charge in [-0.25, -0.2) is 4.98 Å². The number of fused-ring (bicyclic) bond motifs is 3. The molecule has 164 valence electrons. The standard InChI is InChI=1S/C22H30N8O/c1-3-4-17-14(2)30-18(21(31)26-17)11-15-12-25-22(28-20(15)30)27-19-6-5-16(13-24-19)29-9-7-23-8-10-29/h5,11-14,17,19,23H,3-4,6-10H2,1-2H3,(H,26,31)(H,25,27,28)/t14-,17-,19?/m0/s1. The van der Waals surface area contributed by atoms with E-state index in [9.17, 15) is 4.79 Å². The molecule has 5 heterocycles. The molecule has 5 rings (SSSR count). The van der Waals surface area contributed by atoms with E-state index in [0.29, 0.717) is 11.6 Å². The van der Waals surface area contributed by atoms with Crippen LogP contribution >= 0.6 is 0 Å². The number of nitrogens with zero attached hydrogens (tertiary/aromatic N) is 5. The fourth-order valence-electron chi connectivity index (χ4n) is 4.72. The maximum Gasteiger partial charge on any atom is 0.268 e. The smallest absolute Gasteiger partial charge is 0.268 e. The molecule has 2 aromatic rings. The van der Waals surface area contributed by atoms with Crippen LogP contribution in [-0.4, -0.2) is 69.9 Å². The number of dihydropyridines is 1. The number of carbonyl (C=O) groups excluding carboxylic acids is 1. The van der Waals surface area contributed by atoms with Crippen LogP contribution in [0, 0.1) is 0 Å². The number of anilines is 1. The van der Waals surface area contributed by atoms with Crippen molar-refractivity contribution in [3.8, 4) is 0 Å². The van der Waals surface area contributed by atoms with Gasteiger partial charge in [0.25, 0.3) is 5.91 Å². The number of aliphatic imine (C=N–C) groups is 1. The Morgan fingerprint density at radius 3 is 2.87 bits per heavy atom. The lowest BCUT2D eigenvalue weighted by atomic mass is 10.0. The van der Waals surface area contributed by atoms with E-state index in [1.54, 1.807) is 6.20 Å². The van der Waals surface area contributed by atoms with Crippen LogP contribution in [0.4, 0.5) is 5.95 Å². The quantitative estimate of drug-likeness (QED) is 0.681. The monoisotopic (exact) mass is 422 g/mol. The first kappa shape index (κ1) is 20.0. The van der Waals surface area contributed by atoms with Crippen LogP contribution in [0.3, 0.4) is 0 Å². The summed E-state index contributed by atoms with van der Waals surface area (Å²) in [4.78, 5) is 28.9. The minimum Gasteiger partial charge on any atom is -0.368 e. The Morgan fingerprint density at radius 1 is 1.29 bits per heavy atom. The predicted molar refractivity (Wildman–Crippen MR) is 121 cm³/mol. The van der Waals surface area contributed by atoms with E-state index < -0.39 is 0 Å². The van der Waals surface area contributed by atoms with E-state index in [2.05, 4.69) is 55.3 Å². The molecule has 0 bridgehead atoms. The SMILES string of the molecule is CCC[C@@H]1NC(=O)c2cc3cnc(NC4CC=C(N5CCNCC5)C=N4)nc3n2[C@H]1C. The topological polar surface area (TPSA) is 99.5 Å². The van der Waals surface area contributed by atoms with Crippen LogP contribution in [-0.2, 0) is 0 Å². The number of carbonyl (C=O) groups is 1. The van der Waals surface area contributed by atoms with Crippen molar-refractivity contribution in [3.05, 3.63) is 29.7 Å². The van der Waals surface area contributed by atoms with Gasteiger partial charge in [0.05, 0.1) is 11.7 Å². The zero-order valence-corrected chi connectivity index (χ0v) is 18.1. The minimum absolute atomic E-state index is 0.0356. The van der Waals surface area contributed by atoms with Gasteiger partial charge in [-0.2, -0.15) is 4.98 Å². The molecule has 0 saturated carbocycles. The summed E-state index contributed by atoms with van der Waals surface area (Å²) < 4.78 is 2.06. The lowest BCUT2D eigenvalue weighted by Crippen LogP contribution is -2.46. The van der Waals surface area contributed by atoms with Gasteiger partial charge in [-0.1, -0.05) is 19.4 Å². The van der Waals surface area contributed by atoms with Crippen molar-refractivity contribution in [2.75, 3.05) is 31.5 Å². The molecule has 0 radical (unpaired) electrons. The molecule has 1 saturated heterocycles. The first-order valence-electron chi connectivity index (χ1n) is 11.3. The highest BCUT2D eigenvalue weighted by Gasteiger charge is 2.32. The molecule has 3 atom stereocenters. The second-order valence-corrected chi connectivity index (χ2v) is 8.52. The molecule has 9 heteroatoms. The zero-order chi connectivity index (χ0) is 21.4. The van der Waals surface area contributed by atoms with Crippen LogP contribution < -0.4 is 16.0 Å². The normalized spacial score (nSPS) is 25.9. The van der Waals surface area contributed by atoms with Crippen LogP contribution in [0.25, 0.3) is 11.0 Å². The number of hydrogen-bond acceptors (Lipinski definition) is 7. The minimum atomic E-state index is -0.0894. The Bertz CT molecular complexity index is 1040. The Hall–Kier alpha value is -2.94. The van der Waals surface area contributed by atoms with Crippen LogP contribution in [0.2, 0.25) is 0 Å². The van der Waals surface area contributed by atoms with Crippen molar-refractivity contribution < 1.29 is 4.79 Å². The van der Waals surface area contributed by atoms with Crippen LogP contribution in [0.15, 0.2) is 29.0 Å². The zero-order valence-electron chi connectivity index (χ0n) is 18.1. The Labute approximate surface area is 182 Å². The molecular formula is C22H30N8O. The van der Waals surface area contributed by atoms with Crippen molar-refractivity contribution in [1.29, 1.82) is 0 Å². The molecule has 2 aromatic heterocycles. The first-order valence-corrected chi connectivity index (χ1v) is 11.3. The van der Waals surface area contributed by atoms with E-state index in [1.165, 1.54) is 5.70 Å². The molecule has 31 heavy (non-hydrogen) atoms. The van der Waals surface area contributed by atoms with Gasteiger partial charge in [-0.3, -0.25) is 9.79 Å². The van der Waals surface area contributed by atoms with Gasteiger partial charge < -0.3 is 25.4 Å². The van der Waals surface area contributed by atoms with Crippen LogP contribution in [0.5, 0.6) is 0 Å². The maximum atomic E-state index is 12.6. The van der Waals surface area contributed by atoms with Crippen molar-refractivity contribution in [2.45, 2.75) is 51.4 Å². The molecule has 9 nitrogen and oxygen atoms in total. The van der Waals surface area contributed by atoms with E-state index in [-0.39, 0.29) is 24.2 Å². The van der Waals surface area contributed by atoms with Gasteiger partial charge >= 0.3 is 0 Å². The number of allylic oxidation sites excluding steroid dienone is 1. The highest BCUT2D eigenvalue weighted by molar-refractivity contribution is 5.99. The van der Waals surface area contributed by atoms with Crippen LogP contribution in [0.1, 0.15) is 49.6 Å². The number of amides is 1. The Kier molecular flexibility index (Phi) is 5.35. The number of aromatic nitrogens is 3. The highest BCUT2D eigenvalue weighted by Crippen LogP contribution is 2.30. The fourth-order valence-corrected chi connectivity index (χ4v) is 4.72. The fraction of sp³-hybridized carbons (Fsp3) is 0.545. The summed E-state index contributed by atoms with van der Waals surface area (Å²) in [7, 11) is 0. The Morgan fingerprint density at radius 2 is 2.13 bits per heavy atom. The highest BCUT2D eigenvalue weighted by atomic mass is 16.2. The molecule has 0 aromatic carbocycles. The predicted octanol–water partition coefficient (Wildman–Crippen LogP) is 1.91. The van der Waals surface area contributed by atoms with Crippen molar-refractivity contribution in [3.63, 3.8) is 0 Å². The summed E-state index contributed by atoms with van der Waals surface area (Å²) in [5.41, 5.74) is 2.65. The number of rotatable bonds is 5. The van der Waals surface area contributed by atoms with Crippen molar-refractivity contribution in [1.82, 2.24) is 30.1 Å². The average Bonchev–Trinajstić information content (AvgIpc) is 3.18. The lowest BCUT2D eigenvalue weighted by Gasteiger charge is -2.32. The van der Waals surface area contributed by atoms with E-state index in [1.807, 2.05) is 12.3 Å². The van der Waals surface area contributed by atoms with Gasteiger partial charge in [-0.15, -0.1) is 0 Å². The number of nitrogens with one attached hydrogen (secondary N) is 3. The summed E-state index contributed by atoms with van der Waals surface area (Å²) in [6, 6.07) is 2.14. The molecular weight excluding hydrogens is 392 g/mol. The second kappa shape index (κ2) is 8.30. The lowest BCUT2D eigenvalue weighted by molar-refractivity contribution is 0.0880. The number of hydrogen-bond donors (Lipinski definition) is 3. The molecule has 3 N–H and O–H groups in total.